The zero-order valence-electron chi connectivity index (χ0n) is 22.4. The molecule has 0 bridgehead atoms. The second kappa shape index (κ2) is 7.42. The SMILES string of the molecule is O=c1c2ccc3c4ccc5c(=O)n6c7cc(Cl)ccc7nc6c6ccc(c7ccc(c2c37)c2nc3ccc(Cl)cc3n12)c4c56. The maximum Gasteiger partial charge on any atom is 0.264 e. The van der Waals surface area contributed by atoms with Gasteiger partial charge in [0.15, 0.2) is 0 Å². The summed E-state index contributed by atoms with van der Waals surface area (Å²) >= 11 is 12.6. The van der Waals surface area contributed by atoms with Crippen LogP contribution in [0.15, 0.2) is 94.5 Å². The zero-order valence-corrected chi connectivity index (χ0v) is 24.0. The first kappa shape index (κ1) is 23.2. The molecule has 6 nitrogen and oxygen atoms in total. The molecular weight excluding hydrogens is 591 g/mol. The average molecular weight is 605 g/mol. The molecule has 0 aliphatic heterocycles. The number of hydrogen-bond donors (Lipinski definition) is 0. The number of pyridine rings is 2. The standard InChI is InChI=1S/C36H14Cl2N4O2/c37-15-1-11-25-27(13-15)41-33(39-25)21-7-3-17-18-4-8-22-32-24(36(44)42-28-14-16(38)2-12-26(28)40-34(22)42)10-6-20(30(18)32)19-5-9-23(35(41)43)31(21)29(17)19/h1-14H. The molecule has 0 unspecified atom stereocenters. The molecule has 0 aliphatic carbocycles. The molecule has 11 rings (SSSR count). The van der Waals surface area contributed by atoms with Crippen LogP contribution in [-0.4, -0.2) is 18.8 Å². The summed E-state index contributed by atoms with van der Waals surface area (Å²) in [4.78, 5) is 37.9. The number of imidazole rings is 2. The first-order chi connectivity index (χ1) is 21.5. The molecule has 4 aromatic heterocycles. The minimum absolute atomic E-state index is 0.124. The molecule has 4 heterocycles. The van der Waals surface area contributed by atoms with E-state index in [-0.39, 0.29) is 11.1 Å². The van der Waals surface area contributed by atoms with Crippen LogP contribution in [0.4, 0.5) is 0 Å². The van der Waals surface area contributed by atoms with Gasteiger partial charge in [0.05, 0.1) is 22.1 Å². The van der Waals surface area contributed by atoms with Crippen LogP contribution < -0.4 is 11.1 Å². The van der Waals surface area contributed by atoms with Crippen LogP contribution in [0.3, 0.4) is 0 Å². The maximum atomic E-state index is 14.1. The van der Waals surface area contributed by atoms with Crippen molar-refractivity contribution in [1.82, 2.24) is 18.8 Å². The number of aromatic nitrogens is 4. The number of rotatable bonds is 0. The van der Waals surface area contributed by atoms with Gasteiger partial charge in [0.1, 0.15) is 11.3 Å². The van der Waals surface area contributed by atoms with Crippen LogP contribution in [0.1, 0.15) is 0 Å². The fourth-order valence-corrected chi connectivity index (χ4v) is 8.06. The van der Waals surface area contributed by atoms with Crippen molar-refractivity contribution < 1.29 is 0 Å². The lowest BCUT2D eigenvalue weighted by molar-refractivity contribution is 1.19. The Balaban J connectivity index is 1.38. The second-order valence-corrected chi connectivity index (χ2v) is 12.4. The van der Waals surface area contributed by atoms with Crippen molar-refractivity contribution in [3.05, 3.63) is 116 Å². The molecule has 0 spiro atoms. The van der Waals surface area contributed by atoms with E-state index in [2.05, 4.69) is 24.3 Å². The van der Waals surface area contributed by atoms with E-state index in [1.807, 2.05) is 36.4 Å². The molecule has 0 aliphatic rings. The summed E-state index contributed by atoms with van der Waals surface area (Å²) in [5.74, 6) is 0. The van der Waals surface area contributed by atoms with E-state index in [1.165, 1.54) is 0 Å². The lowest BCUT2D eigenvalue weighted by atomic mass is 9.86. The van der Waals surface area contributed by atoms with Gasteiger partial charge in [0.25, 0.3) is 11.1 Å². The Morgan fingerprint density at radius 3 is 1.18 bits per heavy atom. The highest BCUT2D eigenvalue weighted by molar-refractivity contribution is 6.40. The number of fused-ring (bicyclic) bond motifs is 10. The van der Waals surface area contributed by atoms with Crippen molar-refractivity contribution >= 4 is 121 Å². The maximum absolute atomic E-state index is 14.1. The van der Waals surface area contributed by atoms with Crippen LogP contribution in [0, 0.1) is 0 Å². The Labute approximate surface area is 254 Å². The van der Waals surface area contributed by atoms with Crippen LogP contribution >= 0.6 is 23.2 Å². The molecule has 7 aromatic carbocycles. The molecular formula is C36H14Cl2N4O2. The number of benzene rings is 7. The van der Waals surface area contributed by atoms with Crippen molar-refractivity contribution in [1.29, 1.82) is 0 Å². The first-order valence-electron chi connectivity index (χ1n) is 14.1. The molecule has 0 amide bonds. The predicted octanol–water partition coefficient (Wildman–Crippen LogP) is 8.55. The van der Waals surface area contributed by atoms with E-state index >= 15 is 0 Å². The lowest BCUT2D eigenvalue weighted by Gasteiger charge is -2.18. The van der Waals surface area contributed by atoms with Crippen molar-refractivity contribution in [2.24, 2.45) is 0 Å². The Bertz CT molecular complexity index is 3000. The van der Waals surface area contributed by atoms with E-state index < -0.39 is 0 Å². The fraction of sp³-hybridized carbons (Fsp3) is 0. The summed E-state index contributed by atoms with van der Waals surface area (Å²) in [7, 11) is 0. The van der Waals surface area contributed by atoms with E-state index in [9.17, 15) is 9.59 Å². The smallest absolute Gasteiger partial charge is 0.264 e. The summed E-state index contributed by atoms with van der Waals surface area (Å²) in [6.07, 6.45) is 0. The van der Waals surface area contributed by atoms with Crippen LogP contribution in [0.2, 0.25) is 10.0 Å². The second-order valence-electron chi connectivity index (χ2n) is 11.6. The normalized spacial score (nSPS) is 13.0. The Hall–Kier alpha value is -5.30. The molecule has 0 radical (unpaired) electrons. The van der Waals surface area contributed by atoms with Crippen molar-refractivity contribution in [2.75, 3.05) is 0 Å². The van der Waals surface area contributed by atoms with Crippen molar-refractivity contribution in [3.63, 3.8) is 0 Å². The predicted molar refractivity (Wildman–Crippen MR) is 180 cm³/mol. The lowest BCUT2D eigenvalue weighted by Crippen LogP contribution is -2.14. The van der Waals surface area contributed by atoms with Gasteiger partial charge in [0, 0.05) is 42.4 Å². The van der Waals surface area contributed by atoms with Gasteiger partial charge in [0.2, 0.25) is 0 Å². The van der Waals surface area contributed by atoms with Gasteiger partial charge >= 0.3 is 0 Å². The molecule has 204 valence electrons. The van der Waals surface area contributed by atoms with E-state index in [0.29, 0.717) is 43.1 Å². The Morgan fingerprint density at radius 2 is 0.773 bits per heavy atom. The van der Waals surface area contributed by atoms with Gasteiger partial charge < -0.3 is 0 Å². The van der Waals surface area contributed by atoms with Crippen molar-refractivity contribution in [3.8, 4) is 0 Å². The molecule has 0 atom stereocenters. The summed E-state index contributed by atoms with van der Waals surface area (Å²) in [5, 5.41) is 12.1. The third-order valence-corrected chi connectivity index (χ3v) is 9.95. The van der Waals surface area contributed by atoms with Gasteiger partial charge in [-0.05, 0) is 93.0 Å². The van der Waals surface area contributed by atoms with Crippen molar-refractivity contribution in [2.45, 2.75) is 0 Å². The average Bonchev–Trinajstić information content (AvgIpc) is 3.60. The molecule has 0 saturated heterocycles. The molecule has 0 fully saturated rings. The first-order valence-corrected chi connectivity index (χ1v) is 14.9. The van der Waals surface area contributed by atoms with Gasteiger partial charge in [-0.15, -0.1) is 0 Å². The minimum Gasteiger partial charge on any atom is -0.268 e. The van der Waals surface area contributed by atoms with Gasteiger partial charge in [-0.2, -0.15) is 0 Å². The Morgan fingerprint density at radius 1 is 0.432 bits per heavy atom. The monoisotopic (exact) mass is 604 g/mol. The zero-order chi connectivity index (χ0) is 29.2. The Kier molecular flexibility index (Phi) is 3.91. The highest BCUT2D eigenvalue weighted by Crippen LogP contribution is 2.45. The third-order valence-electron chi connectivity index (χ3n) is 9.48. The molecule has 11 aromatic rings. The molecule has 8 heteroatoms. The topological polar surface area (TPSA) is 68.7 Å². The number of hydrogen-bond acceptors (Lipinski definition) is 4. The van der Waals surface area contributed by atoms with E-state index in [0.717, 1.165) is 64.9 Å². The summed E-state index contributed by atoms with van der Waals surface area (Å²) in [5.41, 5.74) is 3.81. The van der Waals surface area contributed by atoms with E-state index in [1.54, 1.807) is 33.1 Å². The largest absolute Gasteiger partial charge is 0.268 e. The number of nitrogens with zero attached hydrogens (tertiary/aromatic N) is 4. The van der Waals surface area contributed by atoms with E-state index in [4.69, 9.17) is 33.2 Å². The highest BCUT2D eigenvalue weighted by Gasteiger charge is 2.24. The summed E-state index contributed by atoms with van der Waals surface area (Å²) < 4.78 is 3.35. The molecule has 0 saturated carbocycles. The van der Waals surface area contributed by atoms with Gasteiger partial charge in [-0.1, -0.05) is 47.5 Å². The summed E-state index contributed by atoms with van der Waals surface area (Å²) in [6.45, 7) is 0. The summed E-state index contributed by atoms with van der Waals surface area (Å²) in [6, 6.07) is 27.1. The van der Waals surface area contributed by atoms with Crippen LogP contribution in [0.25, 0.3) is 98.0 Å². The molecule has 0 N–H and O–H groups in total. The molecule has 44 heavy (non-hydrogen) atoms. The highest BCUT2D eigenvalue weighted by atomic mass is 35.5. The number of halogens is 2. The third kappa shape index (κ3) is 2.50. The van der Waals surface area contributed by atoms with Crippen LogP contribution in [-0.2, 0) is 0 Å². The van der Waals surface area contributed by atoms with Crippen LogP contribution in [0.5, 0.6) is 0 Å². The van der Waals surface area contributed by atoms with Gasteiger partial charge in [-0.25, -0.2) is 9.97 Å². The quantitative estimate of drug-likeness (QED) is 0.128. The fourth-order valence-electron chi connectivity index (χ4n) is 7.73. The minimum atomic E-state index is -0.124. The van der Waals surface area contributed by atoms with Gasteiger partial charge in [-0.3, -0.25) is 18.4 Å².